The molecule has 1 atom stereocenters. The number of hydrogen-bond acceptors (Lipinski definition) is 3. The average Bonchev–Trinajstić information content (AvgIpc) is 2.88. The fraction of sp³-hybridized carbons (Fsp3) is 0.357. The van der Waals surface area contributed by atoms with Crippen LogP contribution in [0.25, 0.3) is 0 Å². The fourth-order valence-corrected chi connectivity index (χ4v) is 1.97. The Morgan fingerprint density at radius 1 is 1.40 bits per heavy atom. The molecule has 0 amide bonds. The van der Waals surface area contributed by atoms with Gasteiger partial charge in [0.15, 0.2) is 5.82 Å². The van der Waals surface area contributed by atoms with Crippen LogP contribution in [0, 0.1) is 18.6 Å². The summed E-state index contributed by atoms with van der Waals surface area (Å²) < 4.78 is 34.6. The molecule has 0 fully saturated rings. The summed E-state index contributed by atoms with van der Waals surface area (Å²) in [7, 11) is 1.60. The highest BCUT2D eigenvalue weighted by Crippen LogP contribution is 2.26. The number of methoxy groups -OCH3 is 1. The Labute approximate surface area is 116 Å². The monoisotopic (exact) mass is 281 g/mol. The molecule has 1 N–H and O–H groups in total. The molecule has 0 aliphatic carbocycles. The lowest BCUT2D eigenvalue weighted by Gasteiger charge is -2.17. The van der Waals surface area contributed by atoms with Crippen LogP contribution in [-0.2, 0) is 4.74 Å². The van der Waals surface area contributed by atoms with Crippen LogP contribution < -0.4 is 5.32 Å². The topological polar surface area (TPSA) is 39.1 Å². The molecule has 108 valence electrons. The summed E-state index contributed by atoms with van der Waals surface area (Å²) in [6.45, 7) is 3.99. The van der Waals surface area contributed by atoms with Gasteiger partial charge in [0.05, 0.1) is 12.6 Å². The number of rotatable bonds is 5. The van der Waals surface area contributed by atoms with E-state index in [2.05, 4.69) is 10.3 Å². The van der Waals surface area contributed by atoms with E-state index in [0.29, 0.717) is 18.1 Å². The number of aryl methyl sites for hydroxylation is 1. The normalized spacial score (nSPS) is 12.4. The molecule has 6 heteroatoms. The molecule has 1 aromatic carbocycles. The highest BCUT2D eigenvalue weighted by molar-refractivity contribution is 5.57. The van der Waals surface area contributed by atoms with E-state index in [1.807, 2.05) is 6.92 Å². The van der Waals surface area contributed by atoms with Crippen molar-refractivity contribution in [2.75, 3.05) is 19.0 Å². The zero-order valence-electron chi connectivity index (χ0n) is 11.7. The van der Waals surface area contributed by atoms with Crippen molar-refractivity contribution in [2.45, 2.75) is 19.9 Å². The summed E-state index contributed by atoms with van der Waals surface area (Å²) in [5.74, 6) is -0.890. The van der Waals surface area contributed by atoms with Crippen molar-refractivity contribution >= 4 is 11.6 Å². The summed E-state index contributed by atoms with van der Waals surface area (Å²) >= 11 is 0. The van der Waals surface area contributed by atoms with E-state index in [1.165, 1.54) is 12.1 Å². The highest BCUT2D eigenvalue weighted by Gasteiger charge is 2.15. The lowest BCUT2D eigenvalue weighted by molar-refractivity contribution is 0.163. The van der Waals surface area contributed by atoms with Gasteiger partial charge in [-0.25, -0.2) is 13.8 Å². The maximum Gasteiger partial charge on any atom is 0.207 e. The number of benzene rings is 1. The Bertz CT molecular complexity index is 598. The first-order chi connectivity index (χ1) is 9.54. The molecule has 0 bridgehead atoms. The zero-order chi connectivity index (χ0) is 14.7. The predicted molar refractivity (Wildman–Crippen MR) is 73.2 cm³/mol. The van der Waals surface area contributed by atoms with Crippen molar-refractivity contribution in [3.63, 3.8) is 0 Å². The van der Waals surface area contributed by atoms with Gasteiger partial charge in [0.1, 0.15) is 11.5 Å². The molecule has 20 heavy (non-hydrogen) atoms. The molecule has 0 radical (unpaired) electrons. The summed E-state index contributed by atoms with van der Waals surface area (Å²) in [5.41, 5.74) is 0.180. The Balaban J connectivity index is 2.32. The van der Waals surface area contributed by atoms with Crippen molar-refractivity contribution in [3.8, 4) is 0 Å². The summed E-state index contributed by atoms with van der Waals surface area (Å²) in [6, 6.07) is 2.63. The van der Waals surface area contributed by atoms with Crippen molar-refractivity contribution in [1.29, 1.82) is 0 Å². The molecule has 1 heterocycles. The molecule has 0 aliphatic heterocycles. The number of nitrogens with one attached hydrogen (secondary N) is 1. The second-order valence-corrected chi connectivity index (χ2v) is 4.64. The van der Waals surface area contributed by atoms with Gasteiger partial charge >= 0.3 is 0 Å². The molecule has 2 rings (SSSR count). The number of hydrogen-bond donors (Lipinski definition) is 1. The standard InChI is InChI=1S/C14H17F2N3O/c1-9-4-5-11(15)13(12(9)16)18-14-17-6-7-19(14)10(2)8-20-3/h4-7,10H,8H2,1-3H3,(H,17,18). The summed E-state index contributed by atoms with van der Waals surface area (Å²) in [4.78, 5) is 4.09. The first kappa shape index (κ1) is 14.5. The van der Waals surface area contributed by atoms with E-state index in [-0.39, 0.29) is 11.7 Å². The lowest BCUT2D eigenvalue weighted by Crippen LogP contribution is -2.13. The second-order valence-electron chi connectivity index (χ2n) is 4.64. The van der Waals surface area contributed by atoms with E-state index < -0.39 is 11.6 Å². The number of imidazole rings is 1. The van der Waals surface area contributed by atoms with Crippen molar-refractivity contribution in [2.24, 2.45) is 0 Å². The van der Waals surface area contributed by atoms with Gasteiger partial charge in [0.25, 0.3) is 0 Å². The Kier molecular flexibility index (Phi) is 4.34. The lowest BCUT2D eigenvalue weighted by atomic mass is 10.2. The number of anilines is 2. The van der Waals surface area contributed by atoms with Crippen LogP contribution in [0.2, 0.25) is 0 Å². The third-order valence-electron chi connectivity index (χ3n) is 3.07. The number of aromatic nitrogens is 2. The first-order valence-electron chi connectivity index (χ1n) is 6.28. The van der Waals surface area contributed by atoms with Gasteiger partial charge in [-0.3, -0.25) is 0 Å². The van der Waals surface area contributed by atoms with Crippen molar-refractivity contribution in [3.05, 3.63) is 41.7 Å². The van der Waals surface area contributed by atoms with Gasteiger partial charge in [-0.2, -0.15) is 0 Å². The molecule has 0 spiro atoms. The molecule has 1 unspecified atom stereocenters. The quantitative estimate of drug-likeness (QED) is 0.912. The van der Waals surface area contributed by atoms with Crippen molar-refractivity contribution in [1.82, 2.24) is 9.55 Å². The van der Waals surface area contributed by atoms with Crippen molar-refractivity contribution < 1.29 is 13.5 Å². The summed E-state index contributed by atoms with van der Waals surface area (Å²) in [6.07, 6.45) is 3.30. The minimum Gasteiger partial charge on any atom is -0.383 e. The van der Waals surface area contributed by atoms with E-state index >= 15 is 0 Å². The maximum atomic E-state index is 14.0. The average molecular weight is 281 g/mol. The number of ether oxygens (including phenoxy) is 1. The van der Waals surface area contributed by atoms with E-state index in [1.54, 1.807) is 31.0 Å². The van der Waals surface area contributed by atoms with Crippen LogP contribution >= 0.6 is 0 Å². The van der Waals surface area contributed by atoms with Gasteiger partial charge in [0.2, 0.25) is 5.95 Å². The summed E-state index contributed by atoms with van der Waals surface area (Å²) in [5, 5.41) is 2.72. The minimum absolute atomic E-state index is 0.000863. The van der Waals surface area contributed by atoms with Crippen LogP contribution in [0.5, 0.6) is 0 Å². The van der Waals surface area contributed by atoms with E-state index in [9.17, 15) is 8.78 Å². The van der Waals surface area contributed by atoms with Crippen LogP contribution in [-0.4, -0.2) is 23.3 Å². The molecule has 0 saturated carbocycles. The Hall–Kier alpha value is -1.95. The van der Waals surface area contributed by atoms with Gasteiger partial charge < -0.3 is 14.6 Å². The molecule has 0 saturated heterocycles. The van der Waals surface area contributed by atoms with Gasteiger partial charge in [-0.15, -0.1) is 0 Å². The van der Waals surface area contributed by atoms with E-state index in [4.69, 9.17) is 4.74 Å². The SMILES string of the molecule is COCC(C)n1ccnc1Nc1c(F)ccc(C)c1F. The highest BCUT2D eigenvalue weighted by atomic mass is 19.1. The third kappa shape index (κ3) is 2.80. The minimum atomic E-state index is -0.651. The number of halogens is 2. The molecule has 1 aromatic heterocycles. The van der Waals surface area contributed by atoms with Gasteiger partial charge in [0, 0.05) is 19.5 Å². The maximum absolute atomic E-state index is 14.0. The van der Waals surface area contributed by atoms with Crippen LogP contribution in [0.15, 0.2) is 24.5 Å². The molecular formula is C14H17F2N3O. The van der Waals surface area contributed by atoms with Gasteiger partial charge in [-0.1, -0.05) is 6.07 Å². The molecular weight excluding hydrogens is 264 g/mol. The Morgan fingerprint density at radius 2 is 2.15 bits per heavy atom. The third-order valence-corrected chi connectivity index (χ3v) is 3.07. The zero-order valence-corrected chi connectivity index (χ0v) is 11.7. The number of nitrogens with zero attached hydrogens (tertiary/aromatic N) is 2. The molecule has 2 aromatic rings. The second kappa shape index (κ2) is 6.00. The predicted octanol–water partition coefficient (Wildman–Crippen LogP) is 3.42. The van der Waals surface area contributed by atoms with E-state index in [0.717, 1.165) is 0 Å². The van der Waals surface area contributed by atoms with Crippen LogP contribution in [0.3, 0.4) is 0 Å². The molecule has 0 aliphatic rings. The Morgan fingerprint density at radius 3 is 2.85 bits per heavy atom. The largest absolute Gasteiger partial charge is 0.383 e. The van der Waals surface area contributed by atoms with Gasteiger partial charge in [-0.05, 0) is 25.5 Å². The fourth-order valence-electron chi connectivity index (χ4n) is 1.97. The van der Waals surface area contributed by atoms with Crippen LogP contribution in [0.1, 0.15) is 18.5 Å². The molecule has 4 nitrogen and oxygen atoms in total. The first-order valence-corrected chi connectivity index (χ1v) is 6.28. The smallest absolute Gasteiger partial charge is 0.207 e. The van der Waals surface area contributed by atoms with Crippen LogP contribution in [0.4, 0.5) is 20.4 Å².